The van der Waals surface area contributed by atoms with E-state index >= 15 is 0 Å². The molecule has 1 aliphatic heterocycles. The molecule has 104 valence electrons. The molecule has 0 aromatic heterocycles. The van der Waals surface area contributed by atoms with Gasteiger partial charge in [0.25, 0.3) is 0 Å². The van der Waals surface area contributed by atoms with Crippen molar-refractivity contribution in [2.45, 2.75) is 51.7 Å². The monoisotopic (exact) mass is 259 g/mol. The van der Waals surface area contributed by atoms with Crippen LogP contribution in [-0.4, -0.2) is 18.7 Å². The second kappa shape index (κ2) is 5.54. The van der Waals surface area contributed by atoms with Crippen LogP contribution in [0.3, 0.4) is 0 Å². The molecule has 3 rings (SSSR count). The zero-order valence-corrected chi connectivity index (χ0v) is 12.1. The molecule has 0 spiro atoms. The van der Waals surface area contributed by atoms with Gasteiger partial charge in [-0.15, -0.1) is 0 Å². The molecule has 1 saturated carbocycles. The predicted octanol–water partition coefficient (Wildman–Crippen LogP) is 3.40. The third-order valence-electron chi connectivity index (χ3n) is 5.03. The van der Waals surface area contributed by atoms with E-state index in [0.717, 1.165) is 30.6 Å². The lowest BCUT2D eigenvalue weighted by molar-refractivity contribution is 0.173. The number of benzene rings is 1. The van der Waals surface area contributed by atoms with Gasteiger partial charge in [0.05, 0.1) is 0 Å². The summed E-state index contributed by atoms with van der Waals surface area (Å²) in [6.45, 7) is 5.77. The van der Waals surface area contributed by atoms with Gasteiger partial charge in [0, 0.05) is 19.0 Å². The van der Waals surface area contributed by atoms with Gasteiger partial charge < -0.3 is 10.1 Å². The molecular formula is C17H25NO. The molecule has 0 radical (unpaired) electrons. The van der Waals surface area contributed by atoms with Gasteiger partial charge in [-0.25, -0.2) is 0 Å². The minimum Gasteiger partial charge on any atom is -0.488 e. The van der Waals surface area contributed by atoms with Crippen molar-refractivity contribution >= 4 is 0 Å². The van der Waals surface area contributed by atoms with Crippen molar-refractivity contribution in [1.29, 1.82) is 0 Å². The van der Waals surface area contributed by atoms with Crippen molar-refractivity contribution in [3.8, 4) is 5.75 Å². The largest absolute Gasteiger partial charge is 0.488 e. The maximum atomic E-state index is 6.00. The summed E-state index contributed by atoms with van der Waals surface area (Å²) in [5, 5.41) is 3.75. The number of ether oxygens (including phenoxy) is 1. The van der Waals surface area contributed by atoms with E-state index in [1.165, 1.54) is 24.8 Å². The van der Waals surface area contributed by atoms with Crippen molar-refractivity contribution in [2.75, 3.05) is 6.54 Å². The van der Waals surface area contributed by atoms with E-state index in [1.54, 1.807) is 0 Å². The van der Waals surface area contributed by atoms with E-state index in [4.69, 9.17) is 4.74 Å². The highest BCUT2D eigenvalue weighted by molar-refractivity contribution is 5.37. The number of para-hydroxylation sites is 1. The Labute approximate surface area is 116 Å². The maximum absolute atomic E-state index is 6.00. The van der Waals surface area contributed by atoms with Crippen molar-refractivity contribution < 1.29 is 4.74 Å². The Balaban J connectivity index is 1.51. The summed E-state index contributed by atoms with van der Waals surface area (Å²) in [7, 11) is 0. The molecule has 1 aromatic rings. The van der Waals surface area contributed by atoms with Gasteiger partial charge in [-0.2, -0.15) is 0 Å². The average Bonchev–Trinajstić information content (AvgIpc) is 2.83. The first kappa shape index (κ1) is 13.0. The summed E-state index contributed by atoms with van der Waals surface area (Å²) >= 11 is 0. The van der Waals surface area contributed by atoms with Crippen LogP contribution >= 0.6 is 0 Å². The zero-order valence-electron chi connectivity index (χ0n) is 12.1. The molecule has 2 nitrogen and oxygen atoms in total. The molecule has 1 aliphatic carbocycles. The molecular weight excluding hydrogens is 234 g/mol. The van der Waals surface area contributed by atoms with Crippen LogP contribution < -0.4 is 10.1 Å². The Hall–Kier alpha value is -1.02. The second-order valence-corrected chi connectivity index (χ2v) is 6.33. The summed E-state index contributed by atoms with van der Waals surface area (Å²) in [6.07, 6.45) is 5.46. The van der Waals surface area contributed by atoms with E-state index in [0.29, 0.717) is 12.1 Å². The highest BCUT2D eigenvalue weighted by Crippen LogP contribution is 2.31. The highest BCUT2D eigenvalue weighted by atomic mass is 16.5. The summed E-state index contributed by atoms with van der Waals surface area (Å²) in [4.78, 5) is 0. The molecule has 1 heterocycles. The minimum atomic E-state index is 0.321. The Kier molecular flexibility index (Phi) is 3.79. The molecule has 4 atom stereocenters. The fourth-order valence-electron chi connectivity index (χ4n) is 3.52. The fourth-order valence-corrected chi connectivity index (χ4v) is 3.52. The number of fused-ring (bicyclic) bond motifs is 1. The van der Waals surface area contributed by atoms with Crippen LogP contribution in [0.25, 0.3) is 0 Å². The van der Waals surface area contributed by atoms with E-state index in [9.17, 15) is 0 Å². The van der Waals surface area contributed by atoms with Gasteiger partial charge in [0.2, 0.25) is 0 Å². The quantitative estimate of drug-likeness (QED) is 0.898. The molecule has 1 fully saturated rings. The van der Waals surface area contributed by atoms with Crippen LogP contribution in [0.1, 0.15) is 38.7 Å². The van der Waals surface area contributed by atoms with E-state index in [-0.39, 0.29) is 0 Å². The van der Waals surface area contributed by atoms with E-state index in [1.807, 2.05) is 0 Å². The number of rotatable bonds is 3. The Morgan fingerprint density at radius 2 is 2.05 bits per heavy atom. The van der Waals surface area contributed by atoms with Crippen LogP contribution in [0.2, 0.25) is 0 Å². The van der Waals surface area contributed by atoms with Crippen LogP contribution in [0.5, 0.6) is 5.75 Å². The Morgan fingerprint density at radius 1 is 1.21 bits per heavy atom. The molecule has 0 saturated heterocycles. The first-order valence-corrected chi connectivity index (χ1v) is 7.72. The van der Waals surface area contributed by atoms with Gasteiger partial charge in [-0.05, 0) is 29.9 Å². The predicted molar refractivity (Wildman–Crippen MR) is 78.5 cm³/mol. The molecule has 1 N–H and O–H groups in total. The maximum Gasteiger partial charge on any atom is 0.123 e. The molecule has 2 heteroatoms. The number of nitrogens with one attached hydrogen (secondary N) is 1. The van der Waals surface area contributed by atoms with Gasteiger partial charge in [-0.3, -0.25) is 0 Å². The van der Waals surface area contributed by atoms with Crippen LogP contribution in [-0.2, 0) is 6.42 Å². The molecule has 1 aromatic carbocycles. The standard InChI is InChI=1S/C17H25NO/c1-12-6-5-8-16(13(12)2)18-11-15-10-14-7-3-4-9-17(14)19-15/h3-4,7,9,12-13,15-16,18H,5-6,8,10-11H2,1-2H3. The summed E-state index contributed by atoms with van der Waals surface area (Å²) in [5.41, 5.74) is 1.36. The van der Waals surface area contributed by atoms with Gasteiger partial charge in [0.15, 0.2) is 0 Å². The lowest BCUT2D eigenvalue weighted by Crippen LogP contribution is -2.44. The van der Waals surface area contributed by atoms with E-state index < -0.39 is 0 Å². The summed E-state index contributed by atoms with van der Waals surface area (Å²) in [5.74, 6) is 2.73. The van der Waals surface area contributed by atoms with Crippen molar-refractivity contribution in [1.82, 2.24) is 5.32 Å². The lowest BCUT2D eigenvalue weighted by Gasteiger charge is -2.35. The van der Waals surface area contributed by atoms with Crippen molar-refractivity contribution in [3.63, 3.8) is 0 Å². The lowest BCUT2D eigenvalue weighted by atomic mass is 9.78. The summed E-state index contributed by atoms with van der Waals surface area (Å²) < 4.78 is 6.00. The smallest absolute Gasteiger partial charge is 0.123 e. The highest BCUT2D eigenvalue weighted by Gasteiger charge is 2.28. The average molecular weight is 259 g/mol. The fraction of sp³-hybridized carbons (Fsp3) is 0.647. The van der Waals surface area contributed by atoms with Crippen LogP contribution in [0, 0.1) is 11.8 Å². The Bertz CT molecular complexity index is 406. The van der Waals surface area contributed by atoms with Crippen molar-refractivity contribution in [3.05, 3.63) is 29.8 Å². The van der Waals surface area contributed by atoms with Gasteiger partial charge in [-0.1, -0.05) is 44.9 Å². The third kappa shape index (κ3) is 2.79. The zero-order chi connectivity index (χ0) is 13.2. The van der Waals surface area contributed by atoms with Crippen LogP contribution in [0.4, 0.5) is 0 Å². The normalized spacial score (nSPS) is 33.8. The molecule has 4 unspecified atom stereocenters. The molecule has 0 amide bonds. The first-order valence-electron chi connectivity index (χ1n) is 7.72. The van der Waals surface area contributed by atoms with E-state index in [2.05, 4.69) is 43.4 Å². The first-order chi connectivity index (χ1) is 9.24. The molecule has 19 heavy (non-hydrogen) atoms. The van der Waals surface area contributed by atoms with Crippen molar-refractivity contribution in [2.24, 2.45) is 11.8 Å². The number of hydrogen-bond acceptors (Lipinski definition) is 2. The third-order valence-corrected chi connectivity index (χ3v) is 5.03. The second-order valence-electron chi connectivity index (χ2n) is 6.33. The topological polar surface area (TPSA) is 21.3 Å². The van der Waals surface area contributed by atoms with Gasteiger partial charge in [0.1, 0.15) is 11.9 Å². The molecule has 0 bridgehead atoms. The summed E-state index contributed by atoms with van der Waals surface area (Å²) in [6, 6.07) is 9.10. The Morgan fingerprint density at radius 3 is 2.89 bits per heavy atom. The molecule has 2 aliphatic rings. The van der Waals surface area contributed by atoms with Crippen LogP contribution in [0.15, 0.2) is 24.3 Å². The SMILES string of the molecule is CC1CCCC(NCC2Cc3ccccc3O2)C1C. The number of hydrogen-bond donors (Lipinski definition) is 1. The van der Waals surface area contributed by atoms with Gasteiger partial charge >= 0.3 is 0 Å². The minimum absolute atomic E-state index is 0.321.